The summed E-state index contributed by atoms with van der Waals surface area (Å²) in [6, 6.07) is 22.5. The molecule has 0 unspecified atom stereocenters. The SMILES string of the molecule is COc1cc2ccc1c1ccc(cc1OC)[nH]cc1c(=O)c(cnc3ccc(c(OC)c3)c3ccc(cc3OC)[nH]cc3c(=O)c(cn2)=CC(C)=C3)=CC(C)=C1.[Cl][Cu].[Cl][Cu]. The van der Waals surface area contributed by atoms with Crippen LogP contribution >= 0.6 is 20.2 Å². The zero-order chi connectivity index (χ0) is 43.3. The topological polar surface area (TPSA) is 128 Å². The van der Waals surface area contributed by atoms with Crippen LogP contribution in [0.2, 0.25) is 0 Å². The van der Waals surface area contributed by atoms with E-state index in [1.54, 1.807) is 53.2 Å². The molecule has 316 valence electrons. The average molecular weight is 943 g/mol. The Bertz CT molecular complexity index is 2870. The Kier molecular flexibility index (Phi) is 16.4. The zero-order valence-corrected chi connectivity index (χ0v) is 36.6. The number of rotatable bonds is 4. The second-order valence-electron chi connectivity index (χ2n) is 13.2. The molecule has 60 heavy (non-hydrogen) atoms. The number of hydrogen-bond acceptors (Lipinski definition) is 8. The molecule has 0 aliphatic heterocycles. The molecule has 10 nitrogen and oxygen atoms in total. The molecule has 14 heteroatoms. The Morgan fingerprint density at radius 3 is 1.17 bits per heavy atom. The van der Waals surface area contributed by atoms with E-state index in [0.29, 0.717) is 55.6 Å². The molecule has 0 amide bonds. The molecule has 2 aliphatic carbocycles. The fraction of sp³-hybridized carbons (Fsp3) is 0.130. The molecule has 0 saturated carbocycles. The number of aromatic nitrogens is 4. The minimum absolute atomic E-state index is 0.171. The zero-order valence-electron chi connectivity index (χ0n) is 33.2. The first kappa shape index (κ1) is 45.5. The van der Waals surface area contributed by atoms with E-state index in [2.05, 4.69) is 70.3 Å². The van der Waals surface area contributed by atoms with Crippen molar-refractivity contribution in [2.75, 3.05) is 28.4 Å². The number of methoxy groups -OCH3 is 4. The van der Waals surface area contributed by atoms with Crippen LogP contribution in [-0.4, -0.2) is 48.4 Å². The van der Waals surface area contributed by atoms with Crippen LogP contribution in [0.4, 0.5) is 0 Å². The molecular weight excluding hydrogens is 903 g/mol. The average Bonchev–Trinajstić information content (AvgIpc) is 3.29. The van der Waals surface area contributed by atoms with Crippen molar-refractivity contribution in [3.05, 3.63) is 151 Å². The summed E-state index contributed by atoms with van der Waals surface area (Å²) < 4.78 is 23.2. The van der Waals surface area contributed by atoms with Gasteiger partial charge < -0.3 is 28.9 Å². The molecule has 0 fully saturated rings. The molecular formula is C46H40Cl2Cu2N4O6. The van der Waals surface area contributed by atoms with Crippen molar-refractivity contribution in [2.45, 2.75) is 13.8 Å². The third-order valence-electron chi connectivity index (χ3n) is 9.43. The number of allylic oxidation sites excluding steroid dienone is 2. The van der Waals surface area contributed by atoms with Crippen molar-refractivity contribution < 1.29 is 49.1 Å². The van der Waals surface area contributed by atoms with Crippen molar-refractivity contribution >= 4 is 88.1 Å². The fourth-order valence-corrected chi connectivity index (χ4v) is 6.65. The monoisotopic (exact) mass is 940 g/mol. The Labute approximate surface area is 371 Å². The Balaban J connectivity index is 0.00000166. The van der Waals surface area contributed by atoms with Crippen molar-refractivity contribution in [1.29, 1.82) is 0 Å². The van der Waals surface area contributed by atoms with Gasteiger partial charge in [-0.3, -0.25) is 19.6 Å². The van der Waals surface area contributed by atoms with Gasteiger partial charge in [0.25, 0.3) is 0 Å². The molecule has 0 spiro atoms. The first-order valence-electron chi connectivity index (χ1n) is 18.0. The summed E-state index contributed by atoms with van der Waals surface area (Å²) >= 11 is 7.32. The number of halogens is 2. The van der Waals surface area contributed by atoms with Gasteiger partial charge in [0.1, 0.15) is 23.0 Å². The molecule has 2 N–H and O–H groups in total. The van der Waals surface area contributed by atoms with Gasteiger partial charge in [-0.2, -0.15) is 0 Å². The number of ether oxygens (including phenoxy) is 4. The van der Waals surface area contributed by atoms with Crippen molar-refractivity contribution in [3.63, 3.8) is 0 Å². The van der Waals surface area contributed by atoms with Crippen LogP contribution in [0.3, 0.4) is 0 Å². The first-order chi connectivity index (χ1) is 29.2. The van der Waals surface area contributed by atoms with E-state index in [0.717, 1.165) is 43.7 Å². The summed E-state index contributed by atoms with van der Waals surface area (Å²) in [6.07, 6.45) is 13.8. The van der Waals surface area contributed by atoms with E-state index in [1.807, 2.05) is 111 Å². The predicted octanol–water partition coefficient (Wildman–Crippen LogP) is 8.77. The fourth-order valence-electron chi connectivity index (χ4n) is 6.65. The van der Waals surface area contributed by atoms with Gasteiger partial charge in [-0.1, -0.05) is 0 Å². The number of nitrogens with zero attached hydrogens (tertiary/aromatic N) is 2. The van der Waals surface area contributed by atoms with Gasteiger partial charge in [0, 0.05) is 103 Å². The number of H-pyrrole nitrogens is 2. The van der Waals surface area contributed by atoms with Crippen LogP contribution in [0.25, 0.3) is 67.9 Å². The maximum atomic E-state index is 13.6. The Morgan fingerprint density at radius 1 is 0.483 bits per heavy atom. The molecule has 4 aromatic carbocycles. The van der Waals surface area contributed by atoms with E-state index >= 15 is 0 Å². The molecule has 10 aromatic heterocycles. The Morgan fingerprint density at radius 2 is 0.817 bits per heavy atom. The molecule has 12 bridgehead atoms. The van der Waals surface area contributed by atoms with Gasteiger partial charge in [0.15, 0.2) is 10.9 Å². The standard InChI is InChI=1S/C46H40N4O6.2ClH.2Cu/c1-27-15-29-23-47-33-7-11-37(41(19-33)53-3)39-13-9-35(21-43(39)55-5)49-25-31-17-28(2)18-32(46(31)52)26-50-36-10-14-40(44(22-36)56-6)38-12-8-34(20-42(38)54-4)48-24-30(16-27)45(29)51;;;;/h7-26,47,50H,1-6H3;2*1H;;/q;;;2*+1/p-2. The Hall–Kier alpha value is -5.58. The molecule has 14 aromatic rings. The van der Waals surface area contributed by atoms with Crippen molar-refractivity contribution in [2.24, 2.45) is 0 Å². The summed E-state index contributed by atoms with van der Waals surface area (Å²) in [5, 5.41) is 4.08. The number of aromatic amines is 2. The van der Waals surface area contributed by atoms with Crippen LogP contribution in [-0.2, 0) is 30.2 Å². The number of hydrogen-bond donors (Lipinski definition) is 2. The summed E-state index contributed by atoms with van der Waals surface area (Å²) in [6.45, 7) is 3.87. The van der Waals surface area contributed by atoms with Gasteiger partial charge in [-0.25, -0.2) is 0 Å². The van der Waals surface area contributed by atoms with E-state index in [4.69, 9.17) is 18.9 Å². The van der Waals surface area contributed by atoms with Gasteiger partial charge in [-0.15, -0.1) is 0 Å². The van der Waals surface area contributed by atoms with E-state index in [1.165, 1.54) is 0 Å². The van der Waals surface area contributed by atoms with Crippen molar-refractivity contribution in [3.8, 4) is 23.0 Å². The molecule has 16 rings (SSSR count). The van der Waals surface area contributed by atoms with Crippen LogP contribution in [0.5, 0.6) is 23.0 Å². The van der Waals surface area contributed by atoms with E-state index < -0.39 is 0 Å². The third-order valence-corrected chi connectivity index (χ3v) is 9.43. The summed E-state index contributed by atoms with van der Waals surface area (Å²) in [5.74, 6) is 2.35. The van der Waals surface area contributed by atoms with Gasteiger partial charge in [0.2, 0.25) is 0 Å². The third kappa shape index (κ3) is 10.6. The molecule has 2 aliphatic rings. The minimum atomic E-state index is -0.171. The van der Waals surface area contributed by atoms with Crippen molar-refractivity contribution in [1.82, 2.24) is 19.9 Å². The quantitative estimate of drug-likeness (QED) is 0.171. The summed E-state index contributed by atoms with van der Waals surface area (Å²) in [5.41, 5.74) is 5.09. The van der Waals surface area contributed by atoms with Gasteiger partial charge >= 0.3 is 50.4 Å². The van der Waals surface area contributed by atoms with Gasteiger partial charge in [0.05, 0.1) is 39.5 Å². The second kappa shape index (κ2) is 21.6. The summed E-state index contributed by atoms with van der Waals surface area (Å²) in [7, 11) is 14.8. The molecule has 10 heterocycles. The second-order valence-corrected chi connectivity index (χ2v) is 13.2. The van der Waals surface area contributed by atoms with Gasteiger partial charge in [-0.05, 0) is 97.8 Å². The molecule has 0 radical (unpaired) electrons. The van der Waals surface area contributed by atoms with E-state index in [9.17, 15) is 9.59 Å². The predicted molar refractivity (Wildman–Crippen MR) is 237 cm³/mol. The van der Waals surface area contributed by atoms with E-state index in [-0.39, 0.29) is 10.9 Å². The number of benzene rings is 4. The molecule has 0 atom stereocenters. The normalized spacial score (nSPS) is 11.5. The first-order valence-corrected chi connectivity index (χ1v) is 20.6. The molecule has 0 saturated heterocycles. The maximum absolute atomic E-state index is 13.6. The van der Waals surface area contributed by atoms with Crippen LogP contribution < -0.4 is 40.2 Å². The van der Waals surface area contributed by atoms with Crippen LogP contribution in [0, 0.1) is 0 Å². The van der Waals surface area contributed by atoms with Crippen LogP contribution in [0.1, 0.15) is 25.0 Å². The van der Waals surface area contributed by atoms with Crippen LogP contribution in [0.15, 0.2) is 118 Å². The summed E-state index contributed by atoms with van der Waals surface area (Å²) in [4.78, 5) is 43.0. The number of nitrogens with one attached hydrogen (secondary N) is 2.